The van der Waals surface area contributed by atoms with Crippen molar-refractivity contribution >= 4 is 22.8 Å². The van der Waals surface area contributed by atoms with Crippen molar-refractivity contribution in [3.8, 4) is 0 Å². The van der Waals surface area contributed by atoms with Gasteiger partial charge in [0.25, 0.3) is 0 Å². The first kappa shape index (κ1) is 12.2. The highest BCUT2D eigenvalue weighted by atomic mass is 32.1. The molecule has 0 saturated heterocycles. The third kappa shape index (κ3) is 2.33. The van der Waals surface area contributed by atoms with Gasteiger partial charge in [0, 0.05) is 22.7 Å². The maximum absolute atomic E-state index is 4.46. The average molecular weight is 272 g/mol. The van der Waals surface area contributed by atoms with Gasteiger partial charge in [0.15, 0.2) is 5.65 Å². The summed E-state index contributed by atoms with van der Waals surface area (Å²) in [7, 11) is 0. The van der Waals surface area contributed by atoms with E-state index in [0.29, 0.717) is 6.04 Å². The second-order valence-corrected chi connectivity index (χ2v) is 5.48. The van der Waals surface area contributed by atoms with Gasteiger partial charge < -0.3 is 5.32 Å². The molecule has 0 amide bonds. The molecule has 1 atom stereocenters. The molecule has 19 heavy (non-hydrogen) atoms. The van der Waals surface area contributed by atoms with Gasteiger partial charge in [-0.3, -0.25) is 0 Å². The van der Waals surface area contributed by atoms with Crippen LogP contribution >= 0.6 is 11.3 Å². The van der Waals surface area contributed by atoms with Gasteiger partial charge in [0.05, 0.1) is 12.2 Å². The van der Waals surface area contributed by atoms with Crippen molar-refractivity contribution in [2.45, 2.75) is 26.3 Å². The molecule has 0 bridgehead atoms. The van der Waals surface area contributed by atoms with Crippen LogP contribution in [0.4, 0.5) is 5.82 Å². The molecule has 0 radical (unpaired) electrons. The van der Waals surface area contributed by atoms with Gasteiger partial charge >= 0.3 is 0 Å². The van der Waals surface area contributed by atoms with E-state index in [1.54, 1.807) is 17.5 Å². The quantitative estimate of drug-likeness (QED) is 0.788. The van der Waals surface area contributed by atoms with E-state index < -0.39 is 0 Å². The van der Waals surface area contributed by atoms with E-state index in [-0.39, 0.29) is 0 Å². The number of hydrogen-bond donors (Lipinski definition) is 1. The number of fused-ring (bicyclic) bond motifs is 1. The minimum absolute atomic E-state index is 0.314. The lowest BCUT2D eigenvalue weighted by Gasteiger charge is -2.17. The smallest absolute Gasteiger partial charge is 0.157 e. The second-order valence-electron chi connectivity index (χ2n) is 4.50. The molecule has 0 spiro atoms. The Hall–Kier alpha value is -1.88. The molecule has 0 aliphatic carbocycles. The number of rotatable bonds is 4. The molecular weight excluding hydrogens is 256 g/mol. The minimum atomic E-state index is 0.314. The van der Waals surface area contributed by atoms with Crippen LogP contribution in [0.5, 0.6) is 0 Å². The lowest BCUT2D eigenvalue weighted by Crippen LogP contribution is -2.12. The summed E-state index contributed by atoms with van der Waals surface area (Å²) >= 11 is 1.78. The molecule has 4 nitrogen and oxygen atoms in total. The SMILES string of the molecule is CC[C@@H](Nc1cc(C)nc2ccnn12)c1cccs1. The van der Waals surface area contributed by atoms with Crippen molar-refractivity contribution in [3.05, 3.63) is 46.4 Å². The Morgan fingerprint density at radius 3 is 3.05 bits per heavy atom. The Balaban J connectivity index is 1.98. The second kappa shape index (κ2) is 5.01. The van der Waals surface area contributed by atoms with Crippen molar-refractivity contribution in [1.82, 2.24) is 14.6 Å². The van der Waals surface area contributed by atoms with Crippen LogP contribution in [-0.4, -0.2) is 14.6 Å². The zero-order valence-electron chi connectivity index (χ0n) is 11.0. The fourth-order valence-electron chi connectivity index (χ4n) is 2.18. The molecule has 0 aromatic carbocycles. The summed E-state index contributed by atoms with van der Waals surface area (Å²) in [6.07, 6.45) is 2.81. The molecule has 0 aliphatic rings. The van der Waals surface area contributed by atoms with Crippen LogP contribution in [0.3, 0.4) is 0 Å². The third-order valence-corrected chi connectivity index (χ3v) is 4.09. The monoisotopic (exact) mass is 272 g/mol. The van der Waals surface area contributed by atoms with Gasteiger partial charge in [0.1, 0.15) is 5.82 Å². The number of nitrogens with zero attached hydrogens (tertiary/aromatic N) is 3. The number of thiophene rings is 1. The molecule has 0 fully saturated rings. The van der Waals surface area contributed by atoms with Crippen LogP contribution in [0.15, 0.2) is 35.8 Å². The van der Waals surface area contributed by atoms with E-state index in [4.69, 9.17) is 0 Å². The molecule has 0 saturated carbocycles. The molecule has 3 rings (SSSR count). The van der Waals surface area contributed by atoms with E-state index in [1.807, 2.05) is 23.6 Å². The predicted octanol–water partition coefficient (Wildman–Crippen LogP) is 3.66. The molecule has 98 valence electrons. The number of anilines is 1. The molecule has 0 aliphatic heterocycles. The van der Waals surface area contributed by atoms with Crippen molar-refractivity contribution in [1.29, 1.82) is 0 Å². The van der Waals surface area contributed by atoms with Gasteiger partial charge in [-0.15, -0.1) is 11.3 Å². The first-order valence-corrected chi connectivity index (χ1v) is 7.27. The molecule has 5 heteroatoms. The Morgan fingerprint density at radius 2 is 2.32 bits per heavy atom. The fraction of sp³-hybridized carbons (Fsp3) is 0.286. The molecule has 3 aromatic heterocycles. The third-order valence-electron chi connectivity index (χ3n) is 3.10. The average Bonchev–Trinajstić information content (AvgIpc) is 3.05. The highest BCUT2D eigenvalue weighted by Gasteiger charge is 2.12. The van der Waals surface area contributed by atoms with Gasteiger partial charge in [0.2, 0.25) is 0 Å². The number of aromatic nitrogens is 3. The Labute approximate surface area is 116 Å². The van der Waals surface area contributed by atoms with Gasteiger partial charge in [-0.2, -0.15) is 9.61 Å². The Bertz CT molecular complexity index is 672. The normalized spacial score (nSPS) is 12.7. The Morgan fingerprint density at radius 1 is 1.42 bits per heavy atom. The molecule has 0 unspecified atom stereocenters. The summed E-state index contributed by atoms with van der Waals surface area (Å²) in [6, 6.07) is 8.53. The van der Waals surface area contributed by atoms with Crippen molar-refractivity contribution in [3.63, 3.8) is 0 Å². The predicted molar refractivity (Wildman–Crippen MR) is 78.7 cm³/mol. The summed E-state index contributed by atoms with van der Waals surface area (Å²) in [5.74, 6) is 0.993. The van der Waals surface area contributed by atoms with Gasteiger partial charge in [-0.25, -0.2) is 4.98 Å². The van der Waals surface area contributed by atoms with Crippen LogP contribution < -0.4 is 5.32 Å². The number of hydrogen-bond acceptors (Lipinski definition) is 4. The molecule has 3 aromatic rings. The largest absolute Gasteiger partial charge is 0.362 e. The van der Waals surface area contributed by atoms with Gasteiger partial charge in [-0.05, 0) is 24.8 Å². The number of nitrogens with one attached hydrogen (secondary N) is 1. The van der Waals surface area contributed by atoms with Crippen LogP contribution in [0.1, 0.15) is 30.0 Å². The molecular formula is C14H16N4S. The number of aryl methyl sites for hydroxylation is 1. The van der Waals surface area contributed by atoms with E-state index in [2.05, 4.69) is 39.8 Å². The first-order valence-electron chi connectivity index (χ1n) is 6.39. The summed E-state index contributed by atoms with van der Waals surface area (Å²) in [5, 5.41) is 10.0. The minimum Gasteiger partial charge on any atom is -0.362 e. The lowest BCUT2D eigenvalue weighted by atomic mass is 10.2. The highest BCUT2D eigenvalue weighted by Crippen LogP contribution is 2.26. The van der Waals surface area contributed by atoms with Crippen LogP contribution in [0, 0.1) is 6.92 Å². The van der Waals surface area contributed by atoms with E-state index in [1.165, 1.54) is 4.88 Å². The molecule has 3 heterocycles. The standard InChI is InChI=1S/C14H16N4S/c1-3-11(12-5-4-8-19-12)17-14-9-10(2)16-13-6-7-15-18(13)14/h4-9,11,17H,3H2,1-2H3/t11-/m1/s1. The summed E-state index contributed by atoms with van der Waals surface area (Å²) in [6.45, 7) is 4.19. The molecule has 1 N–H and O–H groups in total. The first-order chi connectivity index (χ1) is 9.28. The summed E-state index contributed by atoms with van der Waals surface area (Å²) < 4.78 is 1.85. The maximum atomic E-state index is 4.46. The topological polar surface area (TPSA) is 42.2 Å². The zero-order valence-corrected chi connectivity index (χ0v) is 11.8. The van der Waals surface area contributed by atoms with Crippen molar-refractivity contribution in [2.75, 3.05) is 5.32 Å². The van der Waals surface area contributed by atoms with E-state index in [0.717, 1.165) is 23.6 Å². The summed E-state index contributed by atoms with van der Waals surface area (Å²) in [5.41, 5.74) is 1.88. The van der Waals surface area contributed by atoms with E-state index in [9.17, 15) is 0 Å². The zero-order chi connectivity index (χ0) is 13.2. The Kier molecular flexibility index (Phi) is 3.21. The van der Waals surface area contributed by atoms with Crippen molar-refractivity contribution in [2.24, 2.45) is 0 Å². The maximum Gasteiger partial charge on any atom is 0.157 e. The fourth-order valence-corrected chi connectivity index (χ4v) is 3.05. The summed E-state index contributed by atoms with van der Waals surface area (Å²) in [4.78, 5) is 5.80. The lowest BCUT2D eigenvalue weighted by molar-refractivity contribution is 0.747. The highest BCUT2D eigenvalue weighted by molar-refractivity contribution is 7.10. The van der Waals surface area contributed by atoms with Crippen LogP contribution in [-0.2, 0) is 0 Å². The van der Waals surface area contributed by atoms with Gasteiger partial charge in [-0.1, -0.05) is 13.0 Å². The van der Waals surface area contributed by atoms with Crippen LogP contribution in [0.25, 0.3) is 5.65 Å². The van der Waals surface area contributed by atoms with Crippen molar-refractivity contribution < 1.29 is 0 Å². The van der Waals surface area contributed by atoms with E-state index >= 15 is 0 Å². The van der Waals surface area contributed by atoms with Crippen LogP contribution in [0.2, 0.25) is 0 Å².